The van der Waals surface area contributed by atoms with E-state index in [1.54, 1.807) is 14.0 Å². The lowest BCUT2D eigenvalue weighted by Crippen LogP contribution is -2.61. The fraction of sp³-hybridized carbons (Fsp3) is 0.667. The molecule has 0 spiro atoms. The molecule has 1 heterocycles. The van der Waals surface area contributed by atoms with Gasteiger partial charge in [-0.3, -0.25) is 4.79 Å². The Bertz CT molecular complexity index is 470. The molecule has 1 amide bonds. The number of hydrogen-bond acceptors (Lipinski definition) is 5. The lowest BCUT2D eigenvalue weighted by atomic mass is 9.64. The summed E-state index contributed by atoms with van der Waals surface area (Å²) in [5.74, 6) is -0.0886. The standard InChI is InChI=1S/C12H19N3O2S/c1-6-9(18-11(13)14-6)10(16)15-7-5-8(17-4)12(7,2)3/h7-8H,5H2,1-4H3,(H2,13,14)(H,15,16). The van der Waals surface area contributed by atoms with Crippen LogP contribution in [0.15, 0.2) is 0 Å². The van der Waals surface area contributed by atoms with Crippen molar-refractivity contribution in [1.29, 1.82) is 0 Å². The molecule has 5 nitrogen and oxygen atoms in total. The summed E-state index contributed by atoms with van der Waals surface area (Å²) in [5, 5.41) is 3.47. The minimum absolute atomic E-state index is 0.0332. The molecule has 0 radical (unpaired) electrons. The van der Waals surface area contributed by atoms with Gasteiger partial charge in [0.2, 0.25) is 0 Å². The van der Waals surface area contributed by atoms with E-state index >= 15 is 0 Å². The predicted octanol–water partition coefficient (Wildman–Crippen LogP) is 1.58. The maximum Gasteiger partial charge on any atom is 0.263 e. The van der Waals surface area contributed by atoms with Gasteiger partial charge in [-0.2, -0.15) is 0 Å². The Kier molecular flexibility index (Phi) is 3.33. The van der Waals surface area contributed by atoms with Gasteiger partial charge in [0.1, 0.15) is 4.88 Å². The fourth-order valence-corrected chi connectivity index (χ4v) is 3.12. The SMILES string of the molecule is COC1CC(NC(=O)c2sc(N)nc2C)C1(C)C. The topological polar surface area (TPSA) is 77.2 Å². The monoisotopic (exact) mass is 269 g/mol. The number of anilines is 1. The molecule has 1 aliphatic carbocycles. The van der Waals surface area contributed by atoms with Gasteiger partial charge >= 0.3 is 0 Å². The highest BCUT2D eigenvalue weighted by Crippen LogP contribution is 2.42. The third kappa shape index (κ3) is 2.10. The lowest BCUT2D eigenvalue weighted by molar-refractivity contribution is -0.0942. The molecule has 1 saturated carbocycles. The molecule has 1 aliphatic rings. The molecule has 100 valence electrons. The lowest BCUT2D eigenvalue weighted by Gasteiger charge is -2.51. The molecular weight excluding hydrogens is 250 g/mol. The average molecular weight is 269 g/mol. The quantitative estimate of drug-likeness (QED) is 0.873. The molecule has 1 aromatic rings. The zero-order valence-electron chi connectivity index (χ0n) is 11.1. The summed E-state index contributed by atoms with van der Waals surface area (Å²) in [5.41, 5.74) is 6.26. The first kappa shape index (κ1) is 13.3. The summed E-state index contributed by atoms with van der Waals surface area (Å²) in [6, 6.07) is 0.137. The molecule has 18 heavy (non-hydrogen) atoms. The Hall–Kier alpha value is -1.14. The second-order valence-corrected chi connectivity index (χ2v) is 6.30. The second-order valence-electron chi connectivity index (χ2n) is 5.27. The minimum Gasteiger partial charge on any atom is -0.381 e. The van der Waals surface area contributed by atoms with Gasteiger partial charge in [0, 0.05) is 18.6 Å². The fourth-order valence-electron chi connectivity index (χ4n) is 2.38. The van der Waals surface area contributed by atoms with Gasteiger partial charge in [-0.25, -0.2) is 4.98 Å². The van der Waals surface area contributed by atoms with Crippen molar-refractivity contribution in [3.8, 4) is 0 Å². The molecule has 6 heteroatoms. The predicted molar refractivity (Wildman–Crippen MR) is 71.7 cm³/mol. The highest BCUT2D eigenvalue weighted by molar-refractivity contribution is 7.17. The zero-order valence-corrected chi connectivity index (χ0v) is 11.9. The van der Waals surface area contributed by atoms with Crippen LogP contribution >= 0.6 is 11.3 Å². The Morgan fingerprint density at radius 3 is 2.72 bits per heavy atom. The number of nitrogens with zero attached hydrogens (tertiary/aromatic N) is 1. The molecule has 0 aromatic carbocycles. The Morgan fingerprint density at radius 1 is 1.61 bits per heavy atom. The van der Waals surface area contributed by atoms with E-state index in [1.165, 1.54) is 11.3 Å². The number of nitrogen functional groups attached to an aromatic ring is 1. The Balaban J connectivity index is 2.04. The van der Waals surface area contributed by atoms with Crippen LogP contribution in [0.1, 0.15) is 35.6 Å². The van der Waals surface area contributed by atoms with E-state index in [0.29, 0.717) is 15.7 Å². The normalized spacial score (nSPS) is 25.6. The van der Waals surface area contributed by atoms with Crippen molar-refractivity contribution in [3.63, 3.8) is 0 Å². The van der Waals surface area contributed by atoms with Crippen LogP contribution in [0.25, 0.3) is 0 Å². The summed E-state index contributed by atoms with van der Waals surface area (Å²) in [4.78, 5) is 16.8. The van der Waals surface area contributed by atoms with Crippen LogP contribution in [0.3, 0.4) is 0 Å². The molecule has 2 unspecified atom stereocenters. The second kappa shape index (κ2) is 4.51. The van der Waals surface area contributed by atoms with Gasteiger partial charge in [-0.15, -0.1) is 0 Å². The van der Waals surface area contributed by atoms with E-state index in [-0.39, 0.29) is 23.5 Å². The molecule has 1 fully saturated rings. The first-order valence-corrected chi connectivity index (χ1v) is 6.74. The summed E-state index contributed by atoms with van der Waals surface area (Å²) < 4.78 is 5.37. The Morgan fingerprint density at radius 2 is 2.28 bits per heavy atom. The van der Waals surface area contributed by atoms with Gasteiger partial charge in [0.15, 0.2) is 5.13 Å². The van der Waals surface area contributed by atoms with Crippen LogP contribution in [-0.4, -0.2) is 30.1 Å². The molecular formula is C12H19N3O2S. The smallest absolute Gasteiger partial charge is 0.263 e. The number of thiazole rings is 1. The molecule has 0 saturated heterocycles. The molecule has 0 bridgehead atoms. The van der Waals surface area contributed by atoms with Gasteiger partial charge in [-0.1, -0.05) is 25.2 Å². The van der Waals surface area contributed by atoms with Crippen molar-refractivity contribution >= 4 is 22.4 Å². The van der Waals surface area contributed by atoms with Gasteiger partial charge in [0.05, 0.1) is 11.8 Å². The number of carbonyl (C=O) groups is 1. The molecule has 0 aliphatic heterocycles. The van der Waals surface area contributed by atoms with Gasteiger partial charge < -0.3 is 15.8 Å². The number of nitrogens with two attached hydrogens (primary N) is 1. The van der Waals surface area contributed by atoms with E-state index in [4.69, 9.17) is 10.5 Å². The van der Waals surface area contributed by atoms with Crippen LogP contribution in [0.2, 0.25) is 0 Å². The van der Waals surface area contributed by atoms with E-state index in [1.807, 2.05) is 0 Å². The van der Waals surface area contributed by atoms with Crippen molar-refractivity contribution in [3.05, 3.63) is 10.6 Å². The highest BCUT2D eigenvalue weighted by Gasteiger charge is 2.49. The third-order valence-electron chi connectivity index (χ3n) is 3.79. The maximum atomic E-state index is 12.1. The number of aromatic nitrogens is 1. The zero-order chi connectivity index (χ0) is 13.5. The summed E-state index contributed by atoms with van der Waals surface area (Å²) in [6.45, 7) is 6.00. The average Bonchev–Trinajstić information content (AvgIpc) is 2.63. The van der Waals surface area contributed by atoms with Gasteiger partial charge in [-0.05, 0) is 13.3 Å². The maximum absolute atomic E-state index is 12.1. The number of hydrogen-bond donors (Lipinski definition) is 2. The van der Waals surface area contributed by atoms with Crippen LogP contribution in [-0.2, 0) is 4.74 Å². The number of nitrogens with one attached hydrogen (secondary N) is 1. The summed E-state index contributed by atoms with van der Waals surface area (Å²) >= 11 is 1.23. The summed E-state index contributed by atoms with van der Waals surface area (Å²) in [7, 11) is 1.71. The molecule has 3 N–H and O–H groups in total. The number of rotatable bonds is 3. The van der Waals surface area contributed by atoms with Crippen molar-refractivity contribution < 1.29 is 9.53 Å². The van der Waals surface area contributed by atoms with Crippen LogP contribution in [0, 0.1) is 12.3 Å². The number of ether oxygens (including phenoxy) is 1. The first-order valence-electron chi connectivity index (χ1n) is 5.92. The number of carbonyl (C=O) groups excluding carboxylic acids is 1. The van der Waals surface area contributed by atoms with E-state index < -0.39 is 0 Å². The minimum atomic E-state index is -0.0886. The van der Waals surface area contributed by atoms with Gasteiger partial charge in [0.25, 0.3) is 5.91 Å². The van der Waals surface area contributed by atoms with E-state index in [9.17, 15) is 4.79 Å². The van der Waals surface area contributed by atoms with Crippen molar-refractivity contribution in [2.24, 2.45) is 5.41 Å². The molecule has 2 atom stereocenters. The first-order chi connectivity index (χ1) is 8.36. The van der Waals surface area contributed by atoms with E-state index in [2.05, 4.69) is 24.1 Å². The van der Waals surface area contributed by atoms with Crippen molar-refractivity contribution in [1.82, 2.24) is 10.3 Å². The van der Waals surface area contributed by atoms with Crippen molar-refractivity contribution in [2.75, 3.05) is 12.8 Å². The van der Waals surface area contributed by atoms with Crippen molar-refractivity contribution in [2.45, 2.75) is 39.3 Å². The molecule has 2 rings (SSSR count). The number of methoxy groups -OCH3 is 1. The number of amides is 1. The molecule has 1 aromatic heterocycles. The Labute approximate surface area is 111 Å². The number of aryl methyl sites for hydroxylation is 1. The van der Waals surface area contributed by atoms with Crippen LogP contribution in [0.4, 0.5) is 5.13 Å². The summed E-state index contributed by atoms with van der Waals surface area (Å²) in [6.07, 6.45) is 1.05. The highest BCUT2D eigenvalue weighted by atomic mass is 32.1. The third-order valence-corrected chi connectivity index (χ3v) is 4.77. The largest absolute Gasteiger partial charge is 0.381 e. The van der Waals surface area contributed by atoms with Crippen LogP contribution < -0.4 is 11.1 Å². The van der Waals surface area contributed by atoms with Crippen LogP contribution in [0.5, 0.6) is 0 Å². The van der Waals surface area contributed by atoms with E-state index in [0.717, 1.165) is 6.42 Å².